The lowest BCUT2D eigenvalue weighted by molar-refractivity contribution is 0.414. The molecule has 0 aliphatic carbocycles. The molecule has 0 radical (unpaired) electrons. The normalized spacial score (nSPS) is 10.8. The van der Waals surface area contributed by atoms with Gasteiger partial charge in [-0.2, -0.15) is 0 Å². The minimum atomic E-state index is -0.369. The second kappa shape index (κ2) is 4.31. The van der Waals surface area contributed by atoms with Gasteiger partial charge in [-0.15, -0.1) is 0 Å². The van der Waals surface area contributed by atoms with Crippen molar-refractivity contribution in [2.45, 2.75) is 0 Å². The summed E-state index contributed by atoms with van der Waals surface area (Å²) >= 11 is 0. The van der Waals surface area contributed by atoms with E-state index in [1.165, 1.54) is 0 Å². The Bertz CT molecular complexity index is 817. The van der Waals surface area contributed by atoms with Gasteiger partial charge >= 0.3 is 5.63 Å². The van der Waals surface area contributed by atoms with Crippen molar-refractivity contribution in [1.82, 2.24) is 0 Å². The Balaban J connectivity index is 2.58. The molecule has 1 aromatic heterocycles. The minimum Gasteiger partial charge on any atom is -0.497 e. The number of rotatable bonds is 2. The quantitative estimate of drug-likeness (QED) is 0.522. The maximum Gasteiger partial charge on any atom is 0.344 e. The number of fused-ring (bicyclic) bond motifs is 3. The molecule has 0 bridgehead atoms. The van der Waals surface area contributed by atoms with Crippen molar-refractivity contribution in [2.75, 3.05) is 14.2 Å². The van der Waals surface area contributed by atoms with Crippen molar-refractivity contribution < 1.29 is 13.9 Å². The molecule has 0 unspecified atom stereocenters. The van der Waals surface area contributed by atoms with Crippen LogP contribution in [0.5, 0.6) is 11.5 Å². The molecule has 0 amide bonds. The first kappa shape index (κ1) is 11.6. The molecule has 0 aliphatic rings. The van der Waals surface area contributed by atoms with E-state index in [1.807, 2.05) is 12.1 Å². The van der Waals surface area contributed by atoms with Gasteiger partial charge in [0.15, 0.2) is 0 Å². The topological polar surface area (TPSA) is 48.7 Å². The Morgan fingerprint density at radius 3 is 2.58 bits per heavy atom. The molecule has 3 rings (SSSR count). The second-order valence-corrected chi connectivity index (χ2v) is 4.13. The Kier molecular flexibility index (Phi) is 2.63. The van der Waals surface area contributed by atoms with E-state index in [9.17, 15) is 4.79 Å². The summed E-state index contributed by atoms with van der Waals surface area (Å²) in [5, 5.41) is 2.04. The Morgan fingerprint density at radius 2 is 1.84 bits per heavy atom. The van der Waals surface area contributed by atoms with Crippen LogP contribution in [-0.2, 0) is 0 Å². The molecule has 96 valence electrons. The fourth-order valence-electron chi connectivity index (χ4n) is 2.22. The standard InChI is InChI=1S/C15H12O4/c1-17-9-6-7-12-11(8-9)14-10(15(16)19-12)4-3-5-13(14)18-2/h3-8H,1-2H3. The van der Waals surface area contributed by atoms with Gasteiger partial charge < -0.3 is 13.9 Å². The van der Waals surface area contributed by atoms with E-state index >= 15 is 0 Å². The van der Waals surface area contributed by atoms with Crippen LogP contribution in [0.15, 0.2) is 45.6 Å². The summed E-state index contributed by atoms with van der Waals surface area (Å²) in [7, 11) is 3.18. The maximum atomic E-state index is 12.0. The molecule has 0 aliphatic heterocycles. The van der Waals surface area contributed by atoms with Crippen LogP contribution in [0.3, 0.4) is 0 Å². The Hall–Kier alpha value is -2.49. The zero-order valence-corrected chi connectivity index (χ0v) is 10.6. The Labute approximate surface area is 109 Å². The summed E-state index contributed by atoms with van der Waals surface area (Å²) in [6.07, 6.45) is 0. The SMILES string of the molecule is COc1ccc2oc(=O)c3cccc(OC)c3c2c1. The van der Waals surface area contributed by atoms with Crippen LogP contribution in [0.1, 0.15) is 0 Å². The van der Waals surface area contributed by atoms with E-state index in [0.717, 1.165) is 10.8 Å². The van der Waals surface area contributed by atoms with Crippen LogP contribution in [0.4, 0.5) is 0 Å². The van der Waals surface area contributed by atoms with Crippen molar-refractivity contribution in [3.8, 4) is 11.5 Å². The molecule has 1 heterocycles. The van der Waals surface area contributed by atoms with Crippen LogP contribution < -0.4 is 15.1 Å². The summed E-state index contributed by atoms with van der Waals surface area (Å²) in [6, 6.07) is 10.6. The fraction of sp³-hybridized carbons (Fsp3) is 0.133. The molecule has 3 aromatic rings. The average molecular weight is 256 g/mol. The number of benzene rings is 2. The smallest absolute Gasteiger partial charge is 0.344 e. The number of methoxy groups -OCH3 is 2. The summed E-state index contributed by atoms with van der Waals surface area (Å²) in [5.41, 5.74) is 0.148. The molecule has 0 saturated carbocycles. The number of ether oxygens (including phenoxy) is 2. The second-order valence-electron chi connectivity index (χ2n) is 4.13. The lowest BCUT2D eigenvalue weighted by Gasteiger charge is -2.08. The van der Waals surface area contributed by atoms with Crippen molar-refractivity contribution in [2.24, 2.45) is 0 Å². The molecule has 0 N–H and O–H groups in total. The molecule has 4 heteroatoms. The van der Waals surface area contributed by atoms with E-state index in [2.05, 4.69) is 0 Å². The largest absolute Gasteiger partial charge is 0.497 e. The highest BCUT2D eigenvalue weighted by Crippen LogP contribution is 2.32. The van der Waals surface area contributed by atoms with Gasteiger partial charge in [0.1, 0.15) is 17.1 Å². The first-order valence-electron chi connectivity index (χ1n) is 5.82. The lowest BCUT2D eigenvalue weighted by Crippen LogP contribution is -2.01. The van der Waals surface area contributed by atoms with E-state index < -0.39 is 0 Å². The van der Waals surface area contributed by atoms with Crippen LogP contribution in [0.2, 0.25) is 0 Å². The van der Waals surface area contributed by atoms with Gasteiger partial charge in [-0.25, -0.2) is 4.79 Å². The molecule has 0 atom stereocenters. The van der Waals surface area contributed by atoms with Crippen molar-refractivity contribution in [3.63, 3.8) is 0 Å². The highest BCUT2D eigenvalue weighted by Gasteiger charge is 2.12. The zero-order chi connectivity index (χ0) is 13.4. The highest BCUT2D eigenvalue weighted by atomic mass is 16.5. The van der Waals surface area contributed by atoms with Gasteiger partial charge in [-0.1, -0.05) is 6.07 Å². The third-order valence-electron chi connectivity index (χ3n) is 3.12. The van der Waals surface area contributed by atoms with E-state index in [-0.39, 0.29) is 5.63 Å². The molecule has 2 aromatic carbocycles. The molecular formula is C15H12O4. The lowest BCUT2D eigenvalue weighted by atomic mass is 10.1. The van der Waals surface area contributed by atoms with E-state index in [0.29, 0.717) is 22.5 Å². The minimum absolute atomic E-state index is 0.369. The van der Waals surface area contributed by atoms with Crippen LogP contribution >= 0.6 is 0 Å². The van der Waals surface area contributed by atoms with Gasteiger partial charge in [-0.3, -0.25) is 0 Å². The first-order valence-corrected chi connectivity index (χ1v) is 5.82. The predicted molar refractivity (Wildman–Crippen MR) is 73.1 cm³/mol. The monoisotopic (exact) mass is 256 g/mol. The number of hydrogen-bond donors (Lipinski definition) is 0. The summed E-state index contributed by atoms with van der Waals surface area (Å²) in [4.78, 5) is 12.0. The van der Waals surface area contributed by atoms with Crippen LogP contribution in [0, 0.1) is 0 Å². The van der Waals surface area contributed by atoms with Crippen molar-refractivity contribution >= 4 is 21.7 Å². The predicted octanol–water partition coefficient (Wildman–Crippen LogP) is 2.96. The average Bonchev–Trinajstić information content (AvgIpc) is 2.46. The summed E-state index contributed by atoms with van der Waals surface area (Å²) in [5.74, 6) is 1.34. The van der Waals surface area contributed by atoms with E-state index in [1.54, 1.807) is 38.5 Å². The Morgan fingerprint density at radius 1 is 1.00 bits per heavy atom. The van der Waals surface area contributed by atoms with Crippen LogP contribution in [0.25, 0.3) is 21.7 Å². The third kappa shape index (κ3) is 1.73. The zero-order valence-electron chi connectivity index (χ0n) is 10.6. The van der Waals surface area contributed by atoms with Crippen LogP contribution in [-0.4, -0.2) is 14.2 Å². The summed E-state index contributed by atoms with van der Waals surface area (Å²) in [6.45, 7) is 0. The molecular weight excluding hydrogens is 244 g/mol. The van der Waals surface area contributed by atoms with Crippen molar-refractivity contribution in [3.05, 3.63) is 46.8 Å². The number of hydrogen-bond acceptors (Lipinski definition) is 4. The van der Waals surface area contributed by atoms with Gasteiger partial charge in [0, 0.05) is 10.8 Å². The molecule has 19 heavy (non-hydrogen) atoms. The maximum absolute atomic E-state index is 12.0. The molecule has 0 fully saturated rings. The van der Waals surface area contributed by atoms with Gasteiger partial charge in [-0.05, 0) is 30.3 Å². The van der Waals surface area contributed by atoms with E-state index in [4.69, 9.17) is 13.9 Å². The van der Waals surface area contributed by atoms with Gasteiger partial charge in [0.05, 0.1) is 19.6 Å². The first-order chi connectivity index (χ1) is 9.24. The molecule has 0 saturated heterocycles. The fourth-order valence-corrected chi connectivity index (χ4v) is 2.22. The molecule has 0 spiro atoms. The van der Waals surface area contributed by atoms with Crippen molar-refractivity contribution in [1.29, 1.82) is 0 Å². The highest BCUT2D eigenvalue weighted by molar-refractivity contribution is 6.08. The van der Waals surface area contributed by atoms with Gasteiger partial charge in [0.2, 0.25) is 0 Å². The third-order valence-corrected chi connectivity index (χ3v) is 3.12. The summed E-state index contributed by atoms with van der Waals surface area (Å²) < 4.78 is 15.9. The molecule has 4 nitrogen and oxygen atoms in total. The van der Waals surface area contributed by atoms with Gasteiger partial charge in [0.25, 0.3) is 0 Å².